The van der Waals surface area contributed by atoms with Crippen molar-refractivity contribution in [2.24, 2.45) is 0 Å². The Labute approximate surface area is 117 Å². The van der Waals surface area contributed by atoms with Gasteiger partial charge in [-0.25, -0.2) is 4.39 Å². The van der Waals surface area contributed by atoms with Crippen LogP contribution in [-0.4, -0.2) is 5.16 Å². The van der Waals surface area contributed by atoms with Crippen molar-refractivity contribution in [3.63, 3.8) is 0 Å². The molecule has 96 valence electrons. The summed E-state index contributed by atoms with van der Waals surface area (Å²) in [6.45, 7) is 0. The molecule has 0 radical (unpaired) electrons. The lowest BCUT2D eigenvalue weighted by Gasteiger charge is -2.00. The van der Waals surface area contributed by atoms with E-state index >= 15 is 0 Å². The Bertz CT molecular complexity index is 721. The molecule has 0 amide bonds. The highest BCUT2D eigenvalue weighted by Gasteiger charge is 2.18. The molecule has 3 nitrogen and oxygen atoms in total. The van der Waals surface area contributed by atoms with E-state index in [9.17, 15) is 4.39 Å². The zero-order valence-corrected chi connectivity index (χ0v) is 11.1. The maximum atomic E-state index is 13.0. The molecule has 0 saturated carbocycles. The number of hydrogen-bond acceptors (Lipinski definition) is 4. The van der Waals surface area contributed by atoms with Crippen molar-refractivity contribution in [2.75, 3.05) is 5.73 Å². The Morgan fingerprint density at radius 2 is 1.89 bits per heavy atom. The number of benzene rings is 1. The van der Waals surface area contributed by atoms with Crippen LogP contribution in [0.15, 0.2) is 40.9 Å². The van der Waals surface area contributed by atoms with Crippen molar-refractivity contribution in [3.8, 4) is 21.7 Å². The second-order valence-corrected chi connectivity index (χ2v) is 5.60. The molecule has 0 aliphatic heterocycles. The minimum atomic E-state index is -0.306. The quantitative estimate of drug-likeness (QED) is 0.760. The predicted octanol–water partition coefficient (Wildman–Crippen LogP) is 4.44. The lowest BCUT2D eigenvalue weighted by Crippen LogP contribution is -1.87. The average molecular weight is 295 g/mol. The van der Waals surface area contributed by atoms with Gasteiger partial charge in [-0.1, -0.05) is 28.9 Å². The summed E-state index contributed by atoms with van der Waals surface area (Å²) in [5.74, 6) is -0.106. The van der Waals surface area contributed by atoms with Crippen LogP contribution in [0.3, 0.4) is 0 Å². The van der Waals surface area contributed by atoms with Gasteiger partial charge >= 0.3 is 0 Å². The average Bonchev–Trinajstić information content (AvgIpc) is 2.97. The van der Waals surface area contributed by atoms with E-state index in [-0.39, 0.29) is 11.7 Å². The summed E-state index contributed by atoms with van der Waals surface area (Å²) >= 11 is 7.29. The molecule has 0 fully saturated rings. The van der Waals surface area contributed by atoms with Gasteiger partial charge in [0.05, 0.1) is 14.8 Å². The smallest absolute Gasteiger partial charge is 0.230 e. The van der Waals surface area contributed by atoms with Gasteiger partial charge in [0.2, 0.25) is 5.88 Å². The molecule has 0 aliphatic carbocycles. The van der Waals surface area contributed by atoms with Gasteiger partial charge in [-0.2, -0.15) is 0 Å². The highest BCUT2D eigenvalue weighted by Crippen LogP contribution is 2.39. The maximum Gasteiger partial charge on any atom is 0.230 e. The van der Waals surface area contributed by atoms with Gasteiger partial charge in [-0.15, -0.1) is 11.3 Å². The SMILES string of the molecule is Nc1onc(-c2ccc(Cl)s2)c1-c1ccc(F)cc1. The van der Waals surface area contributed by atoms with Crippen molar-refractivity contribution < 1.29 is 8.91 Å². The minimum absolute atomic E-state index is 0.200. The largest absolute Gasteiger partial charge is 0.367 e. The molecular formula is C13H8ClFN2OS. The zero-order chi connectivity index (χ0) is 13.4. The van der Waals surface area contributed by atoms with E-state index in [0.717, 1.165) is 10.4 Å². The highest BCUT2D eigenvalue weighted by atomic mass is 35.5. The molecule has 2 aromatic heterocycles. The van der Waals surface area contributed by atoms with Gasteiger partial charge in [0, 0.05) is 0 Å². The second-order valence-electron chi connectivity index (χ2n) is 3.88. The van der Waals surface area contributed by atoms with E-state index in [2.05, 4.69) is 5.16 Å². The van der Waals surface area contributed by atoms with E-state index < -0.39 is 0 Å². The number of nitrogen functional groups attached to an aromatic ring is 1. The van der Waals surface area contributed by atoms with E-state index in [1.807, 2.05) is 6.07 Å². The molecule has 0 atom stereocenters. The van der Waals surface area contributed by atoms with Crippen LogP contribution in [0.4, 0.5) is 10.3 Å². The summed E-state index contributed by atoms with van der Waals surface area (Å²) in [4.78, 5) is 0.852. The Hall–Kier alpha value is -1.85. The fraction of sp³-hybridized carbons (Fsp3) is 0. The summed E-state index contributed by atoms with van der Waals surface area (Å²) in [6.07, 6.45) is 0. The number of anilines is 1. The summed E-state index contributed by atoms with van der Waals surface area (Å²) in [5.41, 5.74) is 7.82. The zero-order valence-electron chi connectivity index (χ0n) is 9.56. The van der Waals surface area contributed by atoms with E-state index in [4.69, 9.17) is 21.9 Å². The topological polar surface area (TPSA) is 52.0 Å². The number of thiophene rings is 1. The molecule has 6 heteroatoms. The normalized spacial score (nSPS) is 10.8. The third-order valence-corrected chi connectivity index (χ3v) is 3.90. The molecule has 19 heavy (non-hydrogen) atoms. The van der Waals surface area contributed by atoms with E-state index in [1.54, 1.807) is 18.2 Å². The molecule has 1 aromatic carbocycles. The van der Waals surface area contributed by atoms with Crippen LogP contribution >= 0.6 is 22.9 Å². The lowest BCUT2D eigenvalue weighted by molar-refractivity contribution is 0.439. The summed E-state index contributed by atoms with van der Waals surface area (Å²) in [7, 11) is 0. The molecule has 3 aromatic rings. The van der Waals surface area contributed by atoms with E-state index in [0.29, 0.717) is 15.6 Å². The van der Waals surface area contributed by atoms with Crippen molar-refractivity contribution in [2.45, 2.75) is 0 Å². The minimum Gasteiger partial charge on any atom is -0.367 e. The molecule has 2 heterocycles. The van der Waals surface area contributed by atoms with Crippen molar-refractivity contribution in [1.29, 1.82) is 0 Å². The van der Waals surface area contributed by atoms with Crippen molar-refractivity contribution in [1.82, 2.24) is 5.16 Å². The van der Waals surface area contributed by atoms with Gasteiger partial charge in [-0.05, 0) is 29.8 Å². The van der Waals surface area contributed by atoms with Crippen LogP contribution in [0.2, 0.25) is 4.34 Å². The summed E-state index contributed by atoms with van der Waals surface area (Å²) in [5, 5.41) is 3.96. The first-order valence-corrected chi connectivity index (χ1v) is 6.61. The van der Waals surface area contributed by atoms with E-state index in [1.165, 1.54) is 23.5 Å². The van der Waals surface area contributed by atoms with Crippen LogP contribution in [0.25, 0.3) is 21.7 Å². The molecule has 2 N–H and O–H groups in total. The summed E-state index contributed by atoms with van der Waals surface area (Å²) in [6, 6.07) is 9.63. The molecule has 0 saturated heterocycles. The number of nitrogens with two attached hydrogens (primary N) is 1. The van der Waals surface area contributed by atoms with Gasteiger partial charge in [0.15, 0.2) is 0 Å². The van der Waals surface area contributed by atoms with Crippen LogP contribution in [0, 0.1) is 5.82 Å². The third kappa shape index (κ3) is 2.22. The van der Waals surface area contributed by atoms with Crippen LogP contribution < -0.4 is 5.73 Å². The first-order chi connectivity index (χ1) is 9.15. The number of hydrogen-bond donors (Lipinski definition) is 1. The Morgan fingerprint density at radius 3 is 2.53 bits per heavy atom. The second kappa shape index (κ2) is 4.68. The van der Waals surface area contributed by atoms with Crippen LogP contribution in [0.1, 0.15) is 0 Å². The number of rotatable bonds is 2. The van der Waals surface area contributed by atoms with Crippen molar-refractivity contribution in [3.05, 3.63) is 46.6 Å². The van der Waals surface area contributed by atoms with Gasteiger partial charge in [0.1, 0.15) is 11.5 Å². The molecular weight excluding hydrogens is 287 g/mol. The first-order valence-electron chi connectivity index (χ1n) is 5.42. The Morgan fingerprint density at radius 1 is 1.16 bits per heavy atom. The lowest BCUT2D eigenvalue weighted by atomic mass is 10.0. The van der Waals surface area contributed by atoms with Crippen molar-refractivity contribution >= 4 is 28.8 Å². The van der Waals surface area contributed by atoms with Gasteiger partial charge in [0.25, 0.3) is 0 Å². The predicted molar refractivity (Wildman–Crippen MR) is 74.6 cm³/mol. The number of aromatic nitrogens is 1. The Kier molecular flexibility index (Phi) is 3.00. The summed E-state index contributed by atoms with van der Waals surface area (Å²) < 4.78 is 18.7. The number of halogens is 2. The molecule has 3 rings (SSSR count). The fourth-order valence-corrected chi connectivity index (χ4v) is 2.84. The fourth-order valence-electron chi connectivity index (χ4n) is 1.81. The third-order valence-electron chi connectivity index (χ3n) is 2.66. The molecule has 0 aliphatic rings. The Balaban J connectivity index is 2.16. The van der Waals surface area contributed by atoms with Crippen LogP contribution in [-0.2, 0) is 0 Å². The molecule has 0 spiro atoms. The highest BCUT2D eigenvalue weighted by molar-refractivity contribution is 7.19. The maximum absolute atomic E-state index is 13.0. The van der Waals surface area contributed by atoms with Crippen LogP contribution in [0.5, 0.6) is 0 Å². The number of nitrogens with zero attached hydrogens (tertiary/aromatic N) is 1. The molecule has 0 unspecified atom stereocenters. The monoisotopic (exact) mass is 294 g/mol. The molecule has 0 bridgehead atoms. The first kappa shape index (κ1) is 12.2. The standard InChI is InChI=1S/C13H8ClFN2OS/c14-10-6-5-9(19-10)12-11(13(16)18-17-12)7-1-3-8(15)4-2-7/h1-6H,16H2. The van der Waals surface area contributed by atoms with Gasteiger partial charge < -0.3 is 10.3 Å². The van der Waals surface area contributed by atoms with Gasteiger partial charge in [-0.3, -0.25) is 0 Å².